The molecule has 6 nitrogen and oxygen atoms in total. The minimum Gasteiger partial charge on any atom is -0.493 e. The van der Waals surface area contributed by atoms with Gasteiger partial charge in [0, 0.05) is 6.92 Å². The average Bonchev–Trinajstić information content (AvgIpc) is 2.59. The van der Waals surface area contributed by atoms with Crippen LogP contribution in [0.25, 0.3) is 6.08 Å². The van der Waals surface area contributed by atoms with E-state index in [9.17, 15) is 9.59 Å². The summed E-state index contributed by atoms with van der Waals surface area (Å²) in [6, 6.07) is 13.0. The fourth-order valence-corrected chi connectivity index (χ4v) is 2.36. The number of carboxylic acids is 1. The summed E-state index contributed by atoms with van der Waals surface area (Å²) >= 11 is 0. The van der Waals surface area contributed by atoms with Crippen molar-refractivity contribution in [3.8, 4) is 11.5 Å². The van der Waals surface area contributed by atoms with Crippen molar-refractivity contribution in [2.45, 2.75) is 20.5 Å². The predicted octanol–water partition coefficient (Wildman–Crippen LogP) is 3.14. The second-order valence-electron chi connectivity index (χ2n) is 5.73. The van der Waals surface area contributed by atoms with Gasteiger partial charge in [0.25, 0.3) is 0 Å². The van der Waals surface area contributed by atoms with Gasteiger partial charge in [-0.15, -0.1) is 0 Å². The van der Waals surface area contributed by atoms with Crippen LogP contribution in [0.15, 0.2) is 48.2 Å². The van der Waals surface area contributed by atoms with Gasteiger partial charge in [-0.1, -0.05) is 35.9 Å². The summed E-state index contributed by atoms with van der Waals surface area (Å²) in [5.74, 6) is -0.663. The van der Waals surface area contributed by atoms with Crippen molar-refractivity contribution < 1.29 is 24.2 Å². The van der Waals surface area contributed by atoms with Crippen LogP contribution in [0.4, 0.5) is 0 Å². The first-order valence-electron chi connectivity index (χ1n) is 7.98. The van der Waals surface area contributed by atoms with Crippen molar-refractivity contribution in [3.63, 3.8) is 0 Å². The summed E-state index contributed by atoms with van der Waals surface area (Å²) < 4.78 is 11.1. The lowest BCUT2D eigenvalue weighted by atomic mass is 10.1. The van der Waals surface area contributed by atoms with Crippen LogP contribution in [0.2, 0.25) is 0 Å². The van der Waals surface area contributed by atoms with Gasteiger partial charge in [0.1, 0.15) is 12.3 Å². The van der Waals surface area contributed by atoms with Crippen LogP contribution in [0.3, 0.4) is 0 Å². The Labute approximate surface area is 152 Å². The van der Waals surface area contributed by atoms with Gasteiger partial charge in [0.2, 0.25) is 5.91 Å². The Hall–Kier alpha value is -3.28. The highest BCUT2D eigenvalue weighted by Gasteiger charge is 2.11. The molecule has 26 heavy (non-hydrogen) atoms. The maximum Gasteiger partial charge on any atom is 0.352 e. The number of carboxylic acid groups (broad SMARTS) is 1. The van der Waals surface area contributed by atoms with E-state index in [1.807, 2.05) is 31.2 Å². The molecule has 0 aromatic heterocycles. The Morgan fingerprint density at radius 2 is 1.92 bits per heavy atom. The van der Waals surface area contributed by atoms with E-state index in [0.29, 0.717) is 23.7 Å². The summed E-state index contributed by atoms with van der Waals surface area (Å²) in [6.45, 7) is 3.65. The van der Waals surface area contributed by atoms with Crippen molar-refractivity contribution >= 4 is 18.0 Å². The Kier molecular flexibility index (Phi) is 6.38. The molecule has 0 saturated carbocycles. The fourth-order valence-electron chi connectivity index (χ4n) is 2.36. The highest BCUT2D eigenvalue weighted by molar-refractivity contribution is 5.96. The van der Waals surface area contributed by atoms with Gasteiger partial charge in [-0.05, 0) is 36.3 Å². The van der Waals surface area contributed by atoms with Crippen LogP contribution in [-0.2, 0) is 16.2 Å². The van der Waals surface area contributed by atoms with Crippen LogP contribution in [0.1, 0.15) is 23.6 Å². The molecule has 136 valence electrons. The van der Waals surface area contributed by atoms with E-state index in [0.717, 1.165) is 11.1 Å². The molecule has 6 heteroatoms. The first kappa shape index (κ1) is 19.1. The number of aliphatic carboxylic acids is 1. The van der Waals surface area contributed by atoms with Gasteiger partial charge in [0.15, 0.2) is 11.5 Å². The van der Waals surface area contributed by atoms with Crippen LogP contribution in [0.5, 0.6) is 11.5 Å². The molecule has 0 saturated heterocycles. The van der Waals surface area contributed by atoms with E-state index in [4.69, 9.17) is 14.6 Å². The molecule has 0 aliphatic carbocycles. The lowest BCUT2D eigenvalue weighted by Crippen LogP contribution is -2.24. The van der Waals surface area contributed by atoms with Crippen molar-refractivity contribution in [3.05, 3.63) is 64.9 Å². The molecule has 0 aliphatic rings. The number of aryl methyl sites for hydroxylation is 1. The number of benzene rings is 2. The Morgan fingerprint density at radius 3 is 2.54 bits per heavy atom. The summed E-state index contributed by atoms with van der Waals surface area (Å²) in [6.07, 6.45) is 1.36. The maximum atomic E-state index is 11.2. The molecular formula is C20H21NO5. The number of methoxy groups -OCH3 is 1. The van der Waals surface area contributed by atoms with Crippen molar-refractivity contribution in [1.82, 2.24) is 5.32 Å². The zero-order valence-corrected chi connectivity index (χ0v) is 14.9. The molecule has 2 rings (SSSR count). The summed E-state index contributed by atoms with van der Waals surface area (Å²) in [7, 11) is 1.51. The third-order valence-corrected chi connectivity index (χ3v) is 3.52. The molecule has 0 unspecified atom stereocenters. The summed E-state index contributed by atoms with van der Waals surface area (Å²) in [4.78, 5) is 22.3. The minimum absolute atomic E-state index is 0.215. The summed E-state index contributed by atoms with van der Waals surface area (Å²) in [5, 5.41) is 11.4. The predicted molar refractivity (Wildman–Crippen MR) is 97.9 cm³/mol. The number of amides is 1. The zero-order chi connectivity index (χ0) is 19.1. The quantitative estimate of drug-likeness (QED) is 0.745. The monoisotopic (exact) mass is 355 g/mol. The Morgan fingerprint density at radius 1 is 1.15 bits per heavy atom. The number of nitrogens with one attached hydrogen (secondary N) is 1. The van der Waals surface area contributed by atoms with Gasteiger partial charge >= 0.3 is 5.97 Å². The second-order valence-corrected chi connectivity index (χ2v) is 5.73. The zero-order valence-electron chi connectivity index (χ0n) is 14.9. The van der Waals surface area contributed by atoms with Gasteiger partial charge in [-0.25, -0.2) is 4.79 Å². The SMILES string of the molecule is COc1cc(C=C(NC(C)=O)C(=O)O)ccc1OCc1cccc(C)c1. The standard InChI is InChI=1S/C20H21NO5/c1-13-5-4-6-16(9-13)12-26-18-8-7-15(11-19(18)25-3)10-17(20(23)24)21-14(2)22/h4-11H,12H2,1-3H3,(H,21,22)(H,23,24). The first-order chi connectivity index (χ1) is 12.4. The van der Waals surface area contributed by atoms with E-state index < -0.39 is 11.9 Å². The molecule has 0 fully saturated rings. The smallest absolute Gasteiger partial charge is 0.352 e. The maximum absolute atomic E-state index is 11.2. The largest absolute Gasteiger partial charge is 0.493 e. The molecule has 2 aromatic rings. The third kappa shape index (κ3) is 5.37. The molecule has 2 aromatic carbocycles. The molecule has 0 bridgehead atoms. The highest BCUT2D eigenvalue weighted by Crippen LogP contribution is 2.29. The van der Waals surface area contributed by atoms with Crippen LogP contribution >= 0.6 is 0 Å². The Balaban J connectivity index is 2.20. The fraction of sp³-hybridized carbons (Fsp3) is 0.200. The third-order valence-electron chi connectivity index (χ3n) is 3.52. The molecule has 2 N–H and O–H groups in total. The van der Waals surface area contributed by atoms with Gasteiger partial charge in [0.05, 0.1) is 7.11 Å². The van der Waals surface area contributed by atoms with Crippen molar-refractivity contribution in [2.24, 2.45) is 0 Å². The molecule has 0 spiro atoms. The van der Waals surface area contributed by atoms with E-state index in [2.05, 4.69) is 5.32 Å². The van der Waals surface area contributed by atoms with Gasteiger partial charge < -0.3 is 19.9 Å². The number of carbonyl (C=O) groups is 2. The first-order valence-corrected chi connectivity index (χ1v) is 7.98. The highest BCUT2D eigenvalue weighted by atomic mass is 16.5. The number of carbonyl (C=O) groups excluding carboxylic acids is 1. The van der Waals surface area contributed by atoms with Gasteiger partial charge in [-0.3, -0.25) is 4.79 Å². The molecular weight excluding hydrogens is 334 g/mol. The van der Waals surface area contributed by atoms with E-state index in [-0.39, 0.29) is 5.70 Å². The number of ether oxygens (including phenoxy) is 2. The molecule has 0 aliphatic heterocycles. The lowest BCUT2D eigenvalue weighted by molar-refractivity contribution is -0.134. The van der Waals surface area contributed by atoms with E-state index in [1.165, 1.54) is 20.1 Å². The van der Waals surface area contributed by atoms with Crippen molar-refractivity contribution in [1.29, 1.82) is 0 Å². The minimum atomic E-state index is -1.22. The molecule has 1 amide bonds. The van der Waals surface area contributed by atoms with E-state index >= 15 is 0 Å². The van der Waals surface area contributed by atoms with Crippen LogP contribution < -0.4 is 14.8 Å². The van der Waals surface area contributed by atoms with Crippen LogP contribution in [0, 0.1) is 6.92 Å². The molecule has 0 heterocycles. The Bertz CT molecular complexity index is 842. The topological polar surface area (TPSA) is 84.9 Å². The second kappa shape index (κ2) is 8.71. The van der Waals surface area contributed by atoms with Crippen LogP contribution in [-0.4, -0.2) is 24.1 Å². The molecule has 0 atom stereocenters. The van der Waals surface area contributed by atoms with Crippen molar-refractivity contribution in [2.75, 3.05) is 7.11 Å². The average molecular weight is 355 g/mol. The normalized spacial score (nSPS) is 11.0. The number of hydrogen-bond donors (Lipinski definition) is 2. The number of hydrogen-bond acceptors (Lipinski definition) is 4. The molecule has 0 radical (unpaired) electrons. The van der Waals surface area contributed by atoms with E-state index in [1.54, 1.807) is 18.2 Å². The van der Waals surface area contributed by atoms with Gasteiger partial charge in [-0.2, -0.15) is 0 Å². The lowest BCUT2D eigenvalue weighted by Gasteiger charge is -2.12. The number of rotatable bonds is 7. The summed E-state index contributed by atoms with van der Waals surface area (Å²) in [5.41, 5.74) is 2.54.